The fourth-order valence-corrected chi connectivity index (χ4v) is 5.98. The van der Waals surface area contributed by atoms with Gasteiger partial charge in [0.1, 0.15) is 5.00 Å². The molecule has 5 rings (SSSR count). The number of benzene rings is 2. The van der Waals surface area contributed by atoms with E-state index in [4.69, 9.17) is 4.74 Å². The van der Waals surface area contributed by atoms with Crippen LogP contribution >= 0.6 is 11.3 Å². The number of carbonyl (C=O) groups excluding carboxylic acids is 2. The molecule has 0 saturated carbocycles. The number of carbonyl (C=O) groups is 2. The predicted octanol–water partition coefficient (Wildman–Crippen LogP) is 4.59. The number of morpholine rings is 1. The van der Waals surface area contributed by atoms with Crippen LogP contribution < -0.4 is 10.2 Å². The van der Waals surface area contributed by atoms with Crippen LogP contribution in [-0.2, 0) is 16.0 Å². The highest BCUT2D eigenvalue weighted by molar-refractivity contribution is 7.20. The summed E-state index contributed by atoms with van der Waals surface area (Å²) in [7, 11) is 0. The third-order valence-corrected chi connectivity index (χ3v) is 7.75. The van der Waals surface area contributed by atoms with E-state index in [9.17, 15) is 9.59 Å². The summed E-state index contributed by atoms with van der Waals surface area (Å²) in [6, 6.07) is 18.3. The zero-order valence-corrected chi connectivity index (χ0v) is 20.2. The highest BCUT2D eigenvalue weighted by Gasteiger charge is 2.28. The van der Waals surface area contributed by atoms with E-state index in [1.807, 2.05) is 54.3 Å². The molecule has 2 aliphatic heterocycles. The molecular formula is C27H29N3O3S. The number of thiophene rings is 1. The summed E-state index contributed by atoms with van der Waals surface area (Å²) in [5.74, 6) is -0.147. The van der Waals surface area contributed by atoms with E-state index in [-0.39, 0.29) is 18.4 Å². The number of rotatable bonds is 5. The van der Waals surface area contributed by atoms with Crippen molar-refractivity contribution in [1.29, 1.82) is 0 Å². The molecule has 1 fully saturated rings. The molecule has 34 heavy (non-hydrogen) atoms. The minimum Gasteiger partial charge on any atom is -0.378 e. The molecule has 0 bridgehead atoms. The van der Waals surface area contributed by atoms with Crippen LogP contribution in [0.2, 0.25) is 0 Å². The molecule has 3 aromatic rings. The van der Waals surface area contributed by atoms with Gasteiger partial charge < -0.3 is 19.9 Å². The lowest BCUT2D eigenvalue weighted by atomic mass is 10.0. The molecule has 0 atom stereocenters. The highest BCUT2D eigenvalue weighted by atomic mass is 32.1. The van der Waals surface area contributed by atoms with Gasteiger partial charge in [-0.2, -0.15) is 0 Å². The number of amides is 2. The standard InChI is InChI=1S/C27H29N3O3S/c1-19-24(27(32)29-14-16-33-17-15-29)26(34-25(19)21-9-3-2-4-10-21)28-23(31)18-30-13-7-11-20-8-5-6-12-22(20)30/h2-6,8-10,12H,7,11,13-18H2,1H3,(H,28,31). The molecule has 0 unspecified atom stereocenters. The van der Waals surface area contributed by atoms with Crippen LogP contribution in [-0.4, -0.2) is 56.1 Å². The topological polar surface area (TPSA) is 61.9 Å². The van der Waals surface area contributed by atoms with E-state index in [0.717, 1.165) is 41.1 Å². The number of hydrogen-bond donors (Lipinski definition) is 1. The lowest BCUT2D eigenvalue weighted by molar-refractivity contribution is -0.115. The normalized spacial score (nSPS) is 15.7. The van der Waals surface area contributed by atoms with E-state index in [1.165, 1.54) is 16.9 Å². The number of nitrogens with one attached hydrogen (secondary N) is 1. The van der Waals surface area contributed by atoms with Gasteiger partial charge in [0.25, 0.3) is 5.91 Å². The van der Waals surface area contributed by atoms with Crippen molar-refractivity contribution in [2.75, 3.05) is 49.6 Å². The summed E-state index contributed by atoms with van der Waals surface area (Å²) < 4.78 is 5.43. The average molecular weight is 476 g/mol. The van der Waals surface area contributed by atoms with Crippen LogP contribution in [0, 0.1) is 6.92 Å². The quantitative estimate of drug-likeness (QED) is 0.587. The van der Waals surface area contributed by atoms with Crippen molar-refractivity contribution in [3.63, 3.8) is 0 Å². The number of aryl methyl sites for hydroxylation is 1. The van der Waals surface area contributed by atoms with Crippen LogP contribution in [0.4, 0.5) is 10.7 Å². The second kappa shape index (κ2) is 9.99. The first-order chi connectivity index (χ1) is 16.6. The fraction of sp³-hybridized carbons (Fsp3) is 0.333. The van der Waals surface area contributed by atoms with E-state index in [2.05, 4.69) is 22.3 Å². The van der Waals surface area contributed by atoms with Crippen LogP contribution in [0.5, 0.6) is 0 Å². The summed E-state index contributed by atoms with van der Waals surface area (Å²) in [5.41, 5.74) is 4.96. The average Bonchev–Trinajstić information content (AvgIpc) is 3.20. The van der Waals surface area contributed by atoms with Gasteiger partial charge >= 0.3 is 0 Å². The smallest absolute Gasteiger partial charge is 0.257 e. The van der Waals surface area contributed by atoms with Crippen molar-refractivity contribution in [1.82, 2.24) is 4.90 Å². The second-order valence-corrected chi connectivity index (χ2v) is 9.75. The molecule has 6 nitrogen and oxygen atoms in total. The Morgan fingerprint density at radius 3 is 2.53 bits per heavy atom. The van der Waals surface area contributed by atoms with Crippen LogP contribution in [0.3, 0.4) is 0 Å². The van der Waals surface area contributed by atoms with E-state index < -0.39 is 0 Å². The molecule has 0 radical (unpaired) electrons. The molecule has 2 aliphatic rings. The second-order valence-electron chi connectivity index (χ2n) is 8.73. The van der Waals surface area contributed by atoms with Gasteiger partial charge in [0.15, 0.2) is 0 Å². The molecule has 3 heterocycles. The largest absolute Gasteiger partial charge is 0.378 e. The number of ether oxygens (including phenoxy) is 1. The van der Waals surface area contributed by atoms with Crippen molar-refractivity contribution >= 4 is 33.8 Å². The Morgan fingerprint density at radius 2 is 1.74 bits per heavy atom. The monoisotopic (exact) mass is 475 g/mol. The maximum Gasteiger partial charge on any atom is 0.257 e. The molecule has 7 heteroatoms. The first-order valence-corrected chi connectivity index (χ1v) is 12.6. The molecule has 2 aromatic carbocycles. The van der Waals surface area contributed by atoms with E-state index in [0.29, 0.717) is 36.9 Å². The van der Waals surface area contributed by atoms with Crippen LogP contribution in [0.15, 0.2) is 54.6 Å². The third-order valence-electron chi connectivity index (χ3n) is 6.49. The van der Waals surface area contributed by atoms with E-state index in [1.54, 1.807) is 0 Å². The Kier molecular flexibility index (Phi) is 6.65. The third kappa shape index (κ3) is 4.58. The molecule has 1 N–H and O–H groups in total. The van der Waals surface area contributed by atoms with Gasteiger partial charge in [-0.15, -0.1) is 11.3 Å². The number of nitrogens with zero attached hydrogens (tertiary/aromatic N) is 2. The summed E-state index contributed by atoms with van der Waals surface area (Å²) in [5, 5.41) is 3.73. The molecule has 1 aromatic heterocycles. The van der Waals surface area contributed by atoms with Crippen LogP contribution in [0.25, 0.3) is 10.4 Å². The van der Waals surface area contributed by atoms with E-state index >= 15 is 0 Å². The predicted molar refractivity (Wildman–Crippen MR) is 137 cm³/mol. The first-order valence-electron chi connectivity index (χ1n) is 11.8. The van der Waals surface area contributed by atoms with Crippen molar-refractivity contribution < 1.29 is 14.3 Å². The van der Waals surface area contributed by atoms with Crippen molar-refractivity contribution in [3.05, 3.63) is 71.3 Å². The lowest BCUT2D eigenvalue weighted by Gasteiger charge is -2.30. The molecule has 0 aliphatic carbocycles. The molecule has 1 saturated heterocycles. The van der Waals surface area contributed by atoms with Crippen molar-refractivity contribution in [2.45, 2.75) is 19.8 Å². The summed E-state index contributed by atoms with van der Waals surface area (Å²) in [4.78, 5) is 31.7. The van der Waals surface area contributed by atoms with Gasteiger partial charge in [0.2, 0.25) is 5.91 Å². The minimum atomic E-state index is -0.103. The van der Waals surface area contributed by atoms with Gasteiger partial charge in [0.05, 0.1) is 25.3 Å². The SMILES string of the molecule is Cc1c(-c2ccccc2)sc(NC(=O)CN2CCCc3ccccc32)c1C(=O)N1CCOCC1. The molecule has 2 amide bonds. The Hall–Kier alpha value is -3.16. The number of para-hydroxylation sites is 1. The maximum absolute atomic E-state index is 13.5. The number of fused-ring (bicyclic) bond motifs is 1. The lowest BCUT2D eigenvalue weighted by Crippen LogP contribution is -2.41. The number of anilines is 2. The van der Waals surface area contributed by atoms with Gasteiger partial charge in [-0.3, -0.25) is 9.59 Å². The van der Waals surface area contributed by atoms with Gasteiger partial charge in [-0.1, -0.05) is 48.5 Å². The van der Waals surface area contributed by atoms with Gasteiger partial charge in [0, 0.05) is 30.2 Å². The molecular weight excluding hydrogens is 446 g/mol. The fourth-order valence-electron chi connectivity index (χ4n) is 4.76. The Balaban J connectivity index is 1.43. The summed E-state index contributed by atoms with van der Waals surface area (Å²) >= 11 is 1.48. The Labute approximate surface area is 204 Å². The minimum absolute atomic E-state index is 0.0437. The first kappa shape index (κ1) is 22.6. The molecule has 176 valence electrons. The zero-order valence-electron chi connectivity index (χ0n) is 19.4. The van der Waals surface area contributed by atoms with Gasteiger partial charge in [-0.05, 0) is 42.5 Å². The summed E-state index contributed by atoms with van der Waals surface area (Å²) in [6.45, 7) is 5.29. The van der Waals surface area contributed by atoms with Crippen molar-refractivity contribution in [3.8, 4) is 10.4 Å². The Morgan fingerprint density at radius 1 is 1.00 bits per heavy atom. The van der Waals surface area contributed by atoms with Gasteiger partial charge in [-0.25, -0.2) is 0 Å². The number of hydrogen-bond acceptors (Lipinski definition) is 5. The zero-order chi connectivity index (χ0) is 23.5. The Bertz CT molecular complexity index is 1190. The maximum atomic E-state index is 13.5. The molecule has 0 spiro atoms. The van der Waals surface area contributed by atoms with Crippen LogP contribution in [0.1, 0.15) is 27.9 Å². The summed E-state index contributed by atoms with van der Waals surface area (Å²) in [6.07, 6.45) is 2.07. The van der Waals surface area contributed by atoms with Crippen molar-refractivity contribution in [2.24, 2.45) is 0 Å². The highest BCUT2D eigenvalue weighted by Crippen LogP contribution is 2.40.